The van der Waals surface area contributed by atoms with E-state index in [4.69, 9.17) is 0 Å². The van der Waals surface area contributed by atoms with Crippen LogP contribution in [-0.2, 0) is 6.54 Å². The molecule has 0 amide bonds. The van der Waals surface area contributed by atoms with Gasteiger partial charge in [-0.3, -0.25) is 9.97 Å². The van der Waals surface area contributed by atoms with E-state index in [9.17, 15) is 0 Å². The van der Waals surface area contributed by atoms with Crippen LogP contribution in [0.15, 0.2) is 73.3 Å². The fourth-order valence-electron chi connectivity index (χ4n) is 3.95. The van der Waals surface area contributed by atoms with Gasteiger partial charge in [0, 0.05) is 35.9 Å². The van der Waals surface area contributed by atoms with Crippen LogP contribution in [0, 0.1) is 20.8 Å². The molecular weight excluding hydrogens is 396 g/mol. The average Bonchev–Trinajstić information content (AvgIpc) is 3.20. The summed E-state index contributed by atoms with van der Waals surface area (Å²) in [6.45, 7) is 6.82. The number of aromatic nitrogens is 5. The molecule has 0 saturated carbocycles. The third-order valence-electron chi connectivity index (χ3n) is 5.56. The highest BCUT2D eigenvalue weighted by Crippen LogP contribution is 2.25. The van der Waals surface area contributed by atoms with Crippen molar-refractivity contribution in [2.24, 2.45) is 0 Å². The number of nitrogens with zero attached hydrogens (tertiary/aromatic N) is 5. The highest BCUT2D eigenvalue weighted by atomic mass is 15.3. The van der Waals surface area contributed by atoms with E-state index in [2.05, 4.69) is 74.8 Å². The van der Waals surface area contributed by atoms with Crippen molar-refractivity contribution in [3.05, 3.63) is 95.8 Å². The second-order valence-electron chi connectivity index (χ2n) is 8.04. The van der Waals surface area contributed by atoms with Crippen LogP contribution in [-0.4, -0.2) is 24.6 Å². The molecule has 1 aromatic carbocycles. The first-order valence-corrected chi connectivity index (χ1v) is 10.6. The predicted molar refractivity (Wildman–Crippen MR) is 127 cm³/mol. The van der Waals surface area contributed by atoms with E-state index in [1.165, 1.54) is 22.3 Å². The lowest BCUT2D eigenvalue weighted by atomic mass is 9.99. The van der Waals surface area contributed by atoms with Crippen molar-refractivity contribution in [3.63, 3.8) is 0 Å². The molecule has 0 spiro atoms. The Kier molecular flexibility index (Phi) is 5.11. The van der Waals surface area contributed by atoms with Crippen molar-refractivity contribution >= 4 is 11.5 Å². The number of nitrogens with one attached hydrogen (secondary N) is 1. The monoisotopic (exact) mass is 420 g/mol. The molecule has 4 heterocycles. The molecular formula is C26H24N6. The number of rotatable bonds is 5. The number of hydrogen-bond donors (Lipinski definition) is 1. The second kappa shape index (κ2) is 8.23. The SMILES string of the molecule is Cc1cc(-c2cnn3c(NCc4ccc(-c5ccnc(C)c5)c(C)c4)ncc3c2)ccn1. The van der Waals surface area contributed by atoms with Gasteiger partial charge in [-0.05, 0) is 78.9 Å². The molecule has 6 heteroatoms. The highest BCUT2D eigenvalue weighted by molar-refractivity contribution is 5.69. The number of hydrogen-bond acceptors (Lipinski definition) is 5. The Balaban J connectivity index is 1.34. The number of imidazole rings is 1. The Labute approximate surface area is 187 Å². The van der Waals surface area contributed by atoms with Gasteiger partial charge in [-0.15, -0.1) is 0 Å². The number of pyridine rings is 2. The average molecular weight is 421 g/mol. The van der Waals surface area contributed by atoms with Crippen molar-refractivity contribution in [1.82, 2.24) is 24.6 Å². The molecule has 0 saturated heterocycles. The van der Waals surface area contributed by atoms with Gasteiger partial charge in [0.25, 0.3) is 0 Å². The molecule has 4 aromatic heterocycles. The van der Waals surface area contributed by atoms with Crippen LogP contribution >= 0.6 is 0 Å². The largest absolute Gasteiger partial charge is 0.350 e. The first kappa shape index (κ1) is 19.9. The lowest BCUT2D eigenvalue weighted by molar-refractivity contribution is 0.913. The van der Waals surface area contributed by atoms with E-state index in [1.54, 1.807) is 0 Å². The standard InChI is InChI=1S/C26H24N6/c1-17-10-20(4-5-25(17)22-7-9-28-19(3)12-22)14-29-26-30-16-24-13-23(15-31-32(24)26)21-6-8-27-18(2)11-21/h4-13,15-16H,14H2,1-3H3,(H,29,30). The zero-order valence-electron chi connectivity index (χ0n) is 18.4. The van der Waals surface area contributed by atoms with Gasteiger partial charge in [0.15, 0.2) is 0 Å². The molecule has 0 unspecified atom stereocenters. The molecule has 0 aliphatic rings. The van der Waals surface area contributed by atoms with E-state index in [-0.39, 0.29) is 0 Å². The van der Waals surface area contributed by atoms with Gasteiger partial charge in [-0.2, -0.15) is 9.61 Å². The minimum absolute atomic E-state index is 0.669. The first-order valence-electron chi connectivity index (χ1n) is 10.6. The third-order valence-corrected chi connectivity index (χ3v) is 5.56. The van der Waals surface area contributed by atoms with E-state index >= 15 is 0 Å². The number of benzene rings is 1. The predicted octanol–water partition coefficient (Wildman–Crippen LogP) is 5.39. The summed E-state index contributed by atoms with van der Waals surface area (Å²) < 4.78 is 1.83. The Morgan fingerprint density at radius 3 is 2.25 bits per heavy atom. The third kappa shape index (κ3) is 3.95. The van der Waals surface area contributed by atoms with Gasteiger partial charge < -0.3 is 5.32 Å². The highest BCUT2D eigenvalue weighted by Gasteiger charge is 2.08. The van der Waals surface area contributed by atoms with E-state index in [1.807, 2.05) is 49.2 Å². The molecule has 0 radical (unpaired) electrons. The Bertz CT molecular complexity index is 1420. The Hall–Kier alpha value is -4.06. The van der Waals surface area contributed by atoms with Crippen LogP contribution in [0.2, 0.25) is 0 Å². The van der Waals surface area contributed by atoms with Gasteiger partial charge in [0.05, 0.1) is 17.9 Å². The van der Waals surface area contributed by atoms with Crippen LogP contribution in [0.25, 0.3) is 27.8 Å². The van der Waals surface area contributed by atoms with Crippen LogP contribution in [0.3, 0.4) is 0 Å². The number of fused-ring (bicyclic) bond motifs is 1. The molecule has 0 bridgehead atoms. The van der Waals surface area contributed by atoms with E-state index in [0.29, 0.717) is 6.54 Å². The first-order chi connectivity index (χ1) is 15.6. The molecule has 5 aromatic rings. The minimum atomic E-state index is 0.669. The molecule has 0 aliphatic carbocycles. The Morgan fingerprint density at radius 1 is 0.750 bits per heavy atom. The molecule has 0 fully saturated rings. The lowest BCUT2D eigenvalue weighted by Gasteiger charge is -2.10. The van der Waals surface area contributed by atoms with Crippen molar-refractivity contribution in [3.8, 4) is 22.3 Å². The summed E-state index contributed by atoms with van der Waals surface area (Å²) in [5.41, 5.74) is 9.95. The maximum Gasteiger partial charge on any atom is 0.224 e. The van der Waals surface area contributed by atoms with Crippen LogP contribution in [0.5, 0.6) is 0 Å². The fourth-order valence-corrected chi connectivity index (χ4v) is 3.95. The van der Waals surface area contributed by atoms with Crippen LogP contribution < -0.4 is 5.32 Å². The summed E-state index contributed by atoms with van der Waals surface area (Å²) >= 11 is 0. The smallest absolute Gasteiger partial charge is 0.224 e. The summed E-state index contributed by atoms with van der Waals surface area (Å²) in [5.74, 6) is 0.726. The van der Waals surface area contributed by atoms with Crippen LogP contribution in [0.4, 0.5) is 5.95 Å². The molecule has 1 N–H and O–H groups in total. The van der Waals surface area contributed by atoms with Crippen molar-refractivity contribution in [1.29, 1.82) is 0 Å². The maximum absolute atomic E-state index is 4.60. The topological polar surface area (TPSA) is 68.0 Å². The Morgan fingerprint density at radius 2 is 1.50 bits per heavy atom. The molecule has 5 rings (SSSR count). The molecule has 32 heavy (non-hydrogen) atoms. The normalized spacial score (nSPS) is 11.1. The summed E-state index contributed by atoms with van der Waals surface area (Å²) in [5, 5.41) is 8.02. The van der Waals surface area contributed by atoms with Gasteiger partial charge in [-0.1, -0.05) is 18.2 Å². The molecule has 158 valence electrons. The summed E-state index contributed by atoms with van der Waals surface area (Å²) in [7, 11) is 0. The fraction of sp³-hybridized carbons (Fsp3) is 0.154. The number of anilines is 1. The lowest BCUT2D eigenvalue weighted by Crippen LogP contribution is -2.05. The van der Waals surface area contributed by atoms with Crippen molar-refractivity contribution in [2.75, 3.05) is 5.32 Å². The van der Waals surface area contributed by atoms with Crippen LogP contribution in [0.1, 0.15) is 22.5 Å². The second-order valence-corrected chi connectivity index (χ2v) is 8.04. The summed E-state index contributed by atoms with van der Waals surface area (Å²) in [6, 6.07) is 16.9. The quantitative estimate of drug-likeness (QED) is 0.413. The van der Waals surface area contributed by atoms with Gasteiger partial charge in [-0.25, -0.2) is 4.98 Å². The molecule has 0 aliphatic heterocycles. The zero-order valence-corrected chi connectivity index (χ0v) is 18.4. The van der Waals surface area contributed by atoms with Gasteiger partial charge in [0.2, 0.25) is 5.95 Å². The van der Waals surface area contributed by atoms with Crippen molar-refractivity contribution in [2.45, 2.75) is 27.3 Å². The molecule has 6 nitrogen and oxygen atoms in total. The van der Waals surface area contributed by atoms with E-state index < -0.39 is 0 Å². The van der Waals surface area contributed by atoms with Gasteiger partial charge in [0.1, 0.15) is 0 Å². The molecule has 0 atom stereocenters. The zero-order chi connectivity index (χ0) is 22.1. The summed E-state index contributed by atoms with van der Waals surface area (Å²) in [6.07, 6.45) is 7.38. The van der Waals surface area contributed by atoms with Gasteiger partial charge >= 0.3 is 0 Å². The van der Waals surface area contributed by atoms with E-state index in [0.717, 1.165) is 34.0 Å². The van der Waals surface area contributed by atoms with Crippen molar-refractivity contribution < 1.29 is 0 Å². The maximum atomic E-state index is 4.60. The summed E-state index contributed by atoms with van der Waals surface area (Å²) in [4.78, 5) is 13.1. The minimum Gasteiger partial charge on any atom is -0.350 e. The number of aryl methyl sites for hydroxylation is 3.